The summed E-state index contributed by atoms with van der Waals surface area (Å²) in [7, 11) is 1.95. The van der Waals surface area contributed by atoms with Crippen molar-refractivity contribution in [1.82, 2.24) is 5.32 Å². The van der Waals surface area contributed by atoms with Crippen LogP contribution in [0.25, 0.3) is 0 Å². The minimum Gasteiger partial charge on any atom is -0.494 e. The fourth-order valence-electron chi connectivity index (χ4n) is 2.08. The smallest absolute Gasteiger partial charge is 0.127 e. The minimum atomic E-state index is 0.742. The summed E-state index contributed by atoms with van der Waals surface area (Å²) in [5, 5.41) is 3.16. The van der Waals surface area contributed by atoms with Crippen molar-refractivity contribution in [3.05, 3.63) is 53.6 Å². The van der Waals surface area contributed by atoms with Gasteiger partial charge >= 0.3 is 0 Å². The summed E-state index contributed by atoms with van der Waals surface area (Å²) >= 11 is 0. The number of aryl methyl sites for hydroxylation is 1. The molecule has 0 aliphatic carbocycles. The molecule has 0 fully saturated rings. The molecule has 2 rings (SSSR count). The van der Waals surface area contributed by atoms with Gasteiger partial charge in [-0.15, -0.1) is 0 Å². The highest BCUT2D eigenvalue weighted by Crippen LogP contribution is 2.25. The first-order valence-electron chi connectivity index (χ1n) is 7.37. The molecule has 2 aromatic carbocycles. The third-order valence-corrected chi connectivity index (χ3v) is 3.21. The van der Waals surface area contributed by atoms with Gasteiger partial charge in [0.05, 0.1) is 6.61 Å². The van der Waals surface area contributed by atoms with Crippen molar-refractivity contribution in [2.45, 2.75) is 26.8 Å². The molecule has 0 saturated heterocycles. The standard InChI is InChI=1S/C18H23NO2/c1-4-11-20-16-7-9-17(10-8-16)21-18-6-5-15(13-19-3)14(2)12-18/h5-10,12,19H,4,11,13H2,1-3H3. The average molecular weight is 285 g/mol. The molecule has 0 bridgehead atoms. The zero-order chi connectivity index (χ0) is 15.1. The van der Waals surface area contributed by atoms with Crippen LogP contribution in [-0.4, -0.2) is 13.7 Å². The third-order valence-electron chi connectivity index (χ3n) is 3.21. The lowest BCUT2D eigenvalue weighted by atomic mass is 10.1. The van der Waals surface area contributed by atoms with Crippen LogP contribution in [0.1, 0.15) is 24.5 Å². The topological polar surface area (TPSA) is 30.5 Å². The van der Waals surface area contributed by atoms with Gasteiger partial charge < -0.3 is 14.8 Å². The molecule has 0 atom stereocenters. The van der Waals surface area contributed by atoms with E-state index < -0.39 is 0 Å². The van der Waals surface area contributed by atoms with Gasteiger partial charge in [0.1, 0.15) is 17.2 Å². The largest absolute Gasteiger partial charge is 0.494 e. The first kappa shape index (κ1) is 15.4. The Balaban J connectivity index is 2.02. The Bertz CT molecular complexity index is 564. The van der Waals surface area contributed by atoms with E-state index in [-0.39, 0.29) is 0 Å². The quantitative estimate of drug-likeness (QED) is 0.823. The molecule has 0 spiro atoms. The number of benzene rings is 2. The predicted octanol–water partition coefficient (Wildman–Crippen LogP) is 4.30. The Hall–Kier alpha value is -2.00. The van der Waals surface area contributed by atoms with E-state index >= 15 is 0 Å². The summed E-state index contributed by atoms with van der Waals surface area (Å²) in [4.78, 5) is 0. The number of ether oxygens (including phenoxy) is 2. The zero-order valence-electron chi connectivity index (χ0n) is 13.0. The highest BCUT2D eigenvalue weighted by Gasteiger charge is 2.02. The van der Waals surface area contributed by atoms with E-state index in [9.17, 15) is 0 Å². The van der Waals surface area contributed by atoms with E-state index in [1.54, 1.807) is 0 Å². The van der Waals surface area contributed by atoms with Gasteiger partial charge in [-0.3, -0.25) is 0 Å². The van der Waals surface area contributed by atoms with Crippen molar-refractivity contribution in [3.8, 4) is 17.2 Å². The Morgan fingerprint density at radius 1 is 0.952 bits per heavy atom. The fraction of sp³-hybridized carbons (Fsp3) is 0.333. The van der Waals surface area contributed by atoms with E-state index in [2.05, 4.69) is 31.3 Å². The molecule has 0 aromatic heterocycles. The first-order valence-corrected chi connectivity index (χ1v) is 7.37. The van der Waals surface area contributed by atoms with Crippen molar-refractivity contribution in [2.24, 2.45) is 0 Å². The molecular formula is C18H23NO2. The van der Waals surface area contributed by atoms with E-state index in [4.69, 9.17) is 9.47 Å². The van der Waals surface area contributed by atoms with Crippen LogP contribution in [0.4, 0.5) is 0 Å². The lowest BCUT2D eigenvalue weighted by Crippen LogP contribution is -2.06. The molecule has 3 heteroatoms. The molecule has 0 aliphatic heterocycles. The van der Waals surface area contributed by atoms with Gasteiger partial charge in [0.2, 0.25) is 0 Å². The SMILES string of the molecule is CCCOc1ccc(Oc2ccc(CNC)c(C)c2)cc1. The van der Waals surface area contributed by atoms with Crippen molar-refractivity contribution >= 4 is 0 Å². The summed E-state index contributed by atoms with van der Waals surface area (Å²) in [5.41, 5.74) is 2.51. The second-order valence-corrected chi connectivity index (χ2v) is 5.04. The van der Waals surface area contributed by atoms with Gasteiger partial charge in [-0.2, -0.15) is 0 Å². The maximum absolute atomic E-state index is 5.88. The van der Waals surface area contributed by atoms with Gasteiger partial charge in [-0.1, -0.05) is 13.0 Å². The Morgan fingerprint density at radius 2 is 1.62 bits per heavy atom. The molecule has 1 N–H and O–H groups in total. The van der Waals surface area contributed by atoms with Crippen molar-refractivity contribution < 1.29 is 9.47 Å². The molecule has 0 radical (unpaired) electrons. The normalized spacial score (nSPS) is 10.4. The van der Waals surface area contributed by atoms with Crippen LogP contribution in [0.15, 0.2) is 42.5 Å². The van der Waals surface area contributed by atoms with Crippen LogP contribution in [0.3, 0.4) is 0 Å². The molecule has 2 aromatic rings. The second-order valence-electron chi connectivity index (χ2n) is 5.04. The Labute approximate surface area is 126 Å². The molecule has 0 heterocycles. The maximum atomic E-state index is 5.88. The summed E-state index contributed by atoms with van der Waals surface area (Å²) in [6.07, 6.45) is 1.01. The lowest BCUT2D eigenvalue weighted by molar-refractivity contribution is 0.317. The molecule has 21 heavy (non-hydrogen) atoms. The first-order chi connectivity index (χ1) is 10.2. The van der Waals surface area contributed by atoms with E-state index in [0.29, 0.717) is 0 Å². The predicted molar refractivity (Wildman–Crippen MR) is 86.2 cm³/mol. The Morgan fingerprint density at radius 3 is 2.24 bits per heavy atom. The van der Waals surface area contributed by atoms with Gasteiger partial charge in [-0.25, -0.2) is 0 Å². The molecule has 0 amide bonds. The summed E-state index contributed by atoms with van der Waals surface area (Å²) in [6, 6.07) is 13.9. The van der Waals surface area contributed by atoms with Crippen LogP contribution >= 0.6 is 0 Å². The zero-order valence-corrected chi connectivity index (χ0v) is 13.0. The number of hydrogen-bond donors (Lipinski definition) is 1. The number of nitrogens with one attached hydrogen (secondary N) is 1. The fourth-order valence-corrected chi connectivity index (χ4v) is 2.08. The van der Waals surface area contributed by atoms with Crippen LogP contribution in [0.2, 0.25) is 0 Å². The maximum Gasteiger partial charge on any atom is 0.127 e. The van der Waals surface area contributed by atoms with Crippen molar-refractivity contribution in [3.63, 3.8) is 0 Å². The molecule has 0 aliphatic rings. The van der Waals surface area contributed by atoms with Crippen LogP contribution in [-0.2, 0) is 6.54 Å². The highest BCUT2D eigenvalue weighted by atomic mass is 16.5. The van der Waals surface area contributed by atoms with Crippen LogP contribution < -0.4 is 14.8 Å². The van der Waals surface area contributed by atoms with Gasteiger partial charge in [0, 0.05) is 6.54 Å². The highest BCUT2D eigenvalue weighted by molar-refractivity contribution is 5.39. The molecule has 0 saturated carbocycles. The second kappa shape index (κ2) is 7.70. The van der Waals surface area contributed by atoms with Gasteiger partial charge in [-0.05, 0) is 67.9 Å². The van der Waals surface area contributed by atoms with Gasteiger partial charge in [0.15, 0.2) is 0 Å². The van der Waals surface area contributed by atoms with Gasteiger partial charge in [0.25, 0.3) is 0 Å². The van der Waals surface area contributed by atoms with Crippen LogP contribution in [0.5, 0.6) is 17.2 Å². The third kappa shape index (κ3) is 4.50. The number of rotatable bonds is 7. The lowest BCUT2D eigenvalue weighted by Gasteiger charge is -2.10. The monoisotopic (exact) mass is 285 g/mol. The van der Waals surface area contributed by atoms with E-state index in [1.807, 2.05) is 37.4 Å². The van der Waals surface area contributed by atoms with Crippen molar-refractivity contribution in [2.75, 3.05) is 13.7 Å². The minimum absolute atomic E-state index is 0.742. The van der Waals surface area contributed by atoms with E-state index in [1.165, 1.54) is 11.1 Å². The molecular weight excluding hydrogens is 262 g/mol. The Kier molecular flexibility index (Phi) is 5.64. The summed E-state index contributed by atoms with van der Waals surface area (Å²) < 4.78 is 11.4. The number of hydrogen-bond acceptors (Lipinski definition) is 3. The average Bonchev–Trinajstić information content (AvgIpc) is 2.49. The molecule has 3 nitrogen and oxygen atoms in total. The molecule has 112 valence electrons. The molecule has 0 unspecified atom stereocenters. The van der Waals surface area contributed by atoms with Crippen molar-refractivity contribution in [1.29, 1.82) is 0 Å². The summed E-state index contributed by atoms with van der Waals surface area (Å²) in [5.74, 6) is 2.55. The van der Waals surface area contributed by atoms with E-state index in [0.717, 1.165) is 36.8 Å². The summed E-state index contributed by atoms with van der Waals surface area (Å²) in [6.45, 7) is 5.81. The van der Waals surface area contributed by atoms with Crippen LogP contribution in [0, 0.1) is 6.92 Å².